The first-order valence-electron chi connectivity index (χ1n) is 18.8. The van der Waals surface area contributed by atoms with Gasteiger partial charge in [0.25, 0.3) is 0 Å². The molecule has 0 N–H and O–H groups in total. The van der Waals surface area contributed by atoms with E-state index in [1.54, 1.807) is 50.0 Å². The molecule has 0 unspecified atom stereocenters. The Morgan fingerprint density at radius 2 is 1.05 bits per heavy atom. The van der Waals surface area contributed by atoms with Crippen molar-refractivity contribution in [2.24, 2.45) is 0 Å². The van der Waals surface area contributed by atoms with Crippen LogP contribution in [0.15, 0.2) is 94.0 Å². The fourth-order valence-corrected chi connectivity index (χ4v) is 8.76. The zero-order chi connectivity index (χ0) is 40.7. The SMILES string of the molecule is COc1ccccc1N1CCN(C(=O)N2CCN(c3ccccc3OC)C[C@H]2c2c(-c3c(F)cccc3Cl)noc2C)[C@@H](c2c(-c3c(F)cccc3Cl)noc2C)C1. The third-order valence-corrected chi connectivity index (χ3v) is 11.6. The number of anilines is 2. The molecular formula is C43H40Cl2F2N6O5. The smallest absolute Gasteiger partial charge is 0.321 e. The van der Waals surface area contributed by atoms with E-state index in [0.29, 0.717) is 47.2 Å². The van der Waals surface area contributed by atoms with Gasteiger partial charge in [0.05, 0.1) is 58.9 Å². The van der Waals surface area contributed by atoms with Crippen molar-refractivity contribution in [3.8, 4) is 34.0 Å². The second-order valence-corrected chi connectivity index (χ2v) is 14.9. The molecular weight excluding hydrogens is 789 g/mol. The normalized spacial score (nSPS) is 17.2. The molecule has 2 atom stereocenters. The standard InChI is InChI=1S/C43H40Cl2F2N6O5/c1-25-37(41(48-57-25)39-27(44)11-9-13-29(39)46)33-23-50(31-15-5-7-17-35(31)55-3)19-21-52(33)43(54)53-22-20-51(32-16-6-8-18-36(32)56-4)24-34(53)38-26(2)58-49-42(38)40-28(45)12-10-14-30(40)47/h5-18,33-34H,19-24H2,1-4H3/t33-,34+. The minimum absolute atomic E-state index is 0.0765. The van der Waals surface area contributed by atoms with Crippen LogP contribution in [-0.4, -0.2) is 79.6 Å². The number of para-hydroxylation sites is 4. The Morgan fingerprint density at radius 1 is 0.638 bits per heavy atom. The molecule has 4 heterocycles. The molecule has 2 fully saturated rings. The third kappa shape index (κ3) is 6.96. The van der Waals surface area contributed by atoms with Crippen LogP contribution in [0.25, 0.3) is 22.5 Å². The molecule has 0 bridgehead atoms. The van der Waals surface area contributed by atoms with Crippen molar-refractivity contribution in [3.63, 3.8) is 0 Å². The number of rotatable bonds is 8. The highest BCUT2D eigenvalue weighted by molar-refractivity contribution is 6.33. The first-order chi connectivity index (χ1) is 28.1. The predicted molar refractivity (Wildman–Crippen MR) is 218 cm³/mol. The lowest BCUT2D eigenvalue weighted by atomic mass is 9.94. The number of aromatic nitrogens is 2. The van der Waals surface area contributed by atoms with Crippen LogP contribution in [0.1, 0.15) is 34.7 Å². The molecule has 2 aliphatic heterocycles. The Bertz CT molecular complexity index is 2270. The van der Waals surface area contributed by atoms with Crippen molar-refractivity contribution in [2.45, 2.75) is 25.9 Å². The van der Waals surface area contributed by atoms with Crippen LogP contribution in [0.3, 0.4) is 0 Å². The molecule has 0 aliphatic carbocycles. The first kappa shape index (κ1) is 39.1. The summed E-state index contributed by atoms with van der Waals surface area (Å²) in [5, 5.41) is 8.96. The molecule has 300 valence electrons. The Labute approximate surface area is 344 Å². The van der Waals surface area contributed by atoms with Crippen molar-refractivity contribution < 1.29 is 32.1 Å². The highest BCUT2D eigenvalue weighted by Gasteiger charge is 2.44. The van der Waals surface area contributed by atoms with E-state index in [2.05, 4.69) is 20.1 Å². The first-order valence-corrected chi connectivity index (χ1v) is 19.5. The molecule has 15 heteroatoms. The average Bonchev–Trinajstić information content (AvgIpc) is 3.81. The van der Waals surface area contributed by atoms with E-state index in [1.165, 1.54) is 24.3 Å². The van der Waals surface area contributed by atoms with Crippen molar-refractivity contribution >= 4 is 40.6 Å². The van der Waals surface area contributed by atoms with Gasteiger partial charge in [0.2, 0.25) is 0 Å². The van der Waals surface area contributed by atoms with Crippen molar-refractivity contribution in [1.82, 2.24) is 20.1 Å². The number of amides is 2. The topological polar surface area (TPSA) is 101 Å². The van der Waals surface area contributed by atoms with Crippen LogP contribution in [-0.2, 0) is 0 Å². The quantitative estimate of drug-likeness (QED) is 0.149. The monoisotopic (exact) mass is 828 g/mol. The van der Waals surface area contributed by atoms with Crippen LogP contribution in [0.2, 0.25) is 10.0 Å². The minimum Gasteiger partial charge on any atom is -0.495 e. The number of hydrogen-bond donors (Lipinski definition) is 0. The molecule has 6 aromatic rings. The zero-order valence-corrected chi connectivity index (χ0v) is 33.7. The number of benzene rings is 4. The predicted octanol–water partition coefficient (Wildman–Crippen LogP) is 9.76. The summed E-state index contributed by atoms with van der Waals surface area (Å²) in [4.78, 5) is 23.4. The Balaban J connectivity index is 1.26. The molecule has 0 saturated carbocycles. The van der Waals surface area contributed by atoms with Crippen LogP contribution >= 0.6 is 23.2 Å². The second kappa shape index (κ2) is 16.2. The number of nitrogens with zero attached hydrogens (tertiary/aromatic N) is 6. The molecule has 2 saturated heterocycles. The molecule has 2 amide bonds. The van der Waals surface area contributed by atoms with Gasteiger partial charge in [0, 0.05) is 50.4 Å². The van der Waals surface area contributed by atoms with E-state index in [4.69, 9.17) is 41.7 Å². The lowest BCUT2D eigenvalue weighted by molar-refractivity contribution is 0.104. The summed E-state index contributed by atoms with van der Waals surface area (Å²) in [6.45, 7) is 5.43. The zero-order valence-electron chi connectivity index (χ0n) is 32.2. The van der Waals surface area contributed by atoms with E-state index in [-0.39, 0.29) is 64.8 Å². The van der Waals surface area contributed by atoms with Gasteiger partial charge >= 0.3 is 6.03 Å². The summed E-state index contributed by atoms with van der Waals surface area (Å²) in [5.41, 5.74) is 3.25. The number of halogens is 4. The number of urea groups is 1. The number of carbonyl (C=O) groups is 1. The van der Waals surface area contributed by atoms with Gasteiger partial charge in [-0.1, -0.05) is 69.9 Å². The molecule has 2 aromatic heterocycles. The molecule has 8 rings (SSSR count). The van der Waals surface area contributed by atoms with Gasteiger partial charge in [-0.05, 0) is 62.4 Å². The number of piperazine rings is 2. The van der Waals surface area contributed by atoms with Crippen molar-refractivity contribution in [3.05, 3.63) is 129 Å². The van der Waals surface area contributed by atoms with Gasteiger partial charge in [-0.25, -0.2) is 13.6 Å². The van der Waals surface area contributed by atoms with Gasteiger partial charge in [-0.2, -0.15) is 0 Å². The molecule has 0 spiro atoms. The van der Waals surface area contributed by atoms with Crippen LogP contribution in [0.5, 0.6) is 11.5 Å². The maximum absolute atomic E-state index is 15.6. The second-order valence-electron chi connectivity index (χ2n) is 14.1. The number of methoxy groups -OCH3 is 2. The third-order valence-electron chi connectivity index (χ3n) is 11.0. The summed E-state index contributed by atoms with van der Waals surface area (Å²) in [6, 6.07) is 22.4. The number of carbonyl (C=O) groups excluding carboxylic acids is 1. The van der Waals surface area contributed by atoms with Gasteiger partial charge in [-0.15, -0.1) is 0 Å². The van der Waals surface area contributed by atoms with Gasteiger partial charge in [0.15, 0.2) is 0 Å². The number of aryl methyl sites for hydroxylation is 2. The van der Waals surface area contributed by atoms with Gasteiger partial charge < -0.3 is 38.1 Å². The van der Waals surface area contributed by atoms with E-state index in [9.17, 15) is 0 Å². The highest BCUT2D eigenvalue weighted by Crippen LogP contribution is 2.45. The van der Waals surface area contributed by atoms with Crippen molar-refractivity contribution in [2.75, 3.05) is 63.3 Å². The summed E-state index contributed by atoms with van der Waals surface area (Å²) >= 11 is 13.3. The molecule has 2 aliphatic rings. The van der Waals surface area contributed by atoms with E-state index in [0.717, 1.165) is 11.4 Å². The number of ether oxygens (including phenoxy) is 2. The Hall–Kier alpha value is -5.79. The van der Waals surface area contributed by atoms with E-state index < -0.39 is 23.7 Å². The van der Waals surface area contributed by atoms with Crippen LogP contribution < -0.4 is 19.3 Å². The van der Waals surface area contributed by atoms with Crippen LogP contribution in [0, 0.1) is 25.5 Å². The molecule has 0 radical (unpaired) electrons. The van der Waals surface area contributed by atoms with E-state index >= 15 is 13.6 Å². The summed E-state index contributed by atoms with van der Waals surface area (Å²) in [7, 11) is 3.22. The molecule has 4 aromatic carbocycles. The highest BCUT2D eigenvalue weighted by atomic mass is 35.5. The van der Waals surface area contributed by atoms with E-state index in [1.807, 2.05) is 48.5 Å². The van der Waals surface area contributed by atoms with Gasteiger partial charge in [-0.3, -0.25) is 0 Å². The van der Waals surface area contributed by atoms with Crippen molar-refractivity contribution in [1.29, 1.82) is 0 Å². The maximum Gasteiger partial charge on any atom is 0.321 e. The number of hydrogen-bond acceptors (Lipinski definition) is 9. The van der Waals surface area contributed by atoms with Crippen LogP contribution in [0.4, 0.5) is 25.0 Å². The minimum atomic E-state index is -0.708. The lowest BCUT2D eigenvalue weighted by Gasteiger charge is -2.48. The molecule has 58 heavy (non-hydrogen) atoms. The fourth-order valence-electron chi connectivity index (χ4n) is 8.25. The summed E-state index contributed by atoms with van der Waals surface area (Å²) in [5.74, 6) is 0.982. The Kier molecular flexibility index (Phi) is 10.9. The largest absolute Gasteiger partial charge is 0.495 e. The maximum atomic E-state index is 15.6. The average molecular weight is 830 g/mol. The fraction of sp³-hybridized carbons (Fsp3) is 0.279. The van der Waals surface area contributed by atoms with Gasteiger partial charge in [0.1, 0.15) is 46.0 Å². The summed E-state index contributed by atoms with van der Waals surface area (Å²) < 4.78 is 54.3. The molecule has 11 nitrogen and oxygen atoms in total. The summed E-state index contributed by atoms with van der Waals surface area (Å²) in [6.07, 6.45) is 0. The Morgan fingerprint density at radius 3 is 1.45 bits per heavy atom. The lowest BCUT2D eigenvalue weighted by Crippen LogP contribution is -2.59.